The van der Waals surface area contributed by atoms with Gasteiger partial charge < -0.3 is 5.73 Å². The van der Waals surface area contributed by atoms with Crippen LogP contribution in [0.15, 0.2) is 0 Å². The van der Waals surface area contributed by atoms with E-state index in [4.69, 9.17) is 5.73 Å². The second-order valence-corrected chi connectivity index (χ2v) is 3.36. The summed E-state index contributed by atoms with van der Waals surface area (Å²) in [5.41, 5.74) is 5.86. The molecule has 10 heavy (non-hydrogen) atoms. The van der Waals surface area contributed by atoms with Crippen molar-refractivity contribution in [3.8, 4) is 0 Å². The highest BCUT2D eigenvalue weighted by atomic mass is 15.2. The van der Waals surface area contributed by atoms with E-state index in [9.17, 15) is 0 Å². The minimum atomic E-state index is -0.115. The largest absolute Gasteiger partial charge is 0.313 e. The van der Waals surface area contributed by atoms with E-state index in [-0.39, 0.29) is 5.66 Å². The minimum absolute atomic E-state index is 0.115. The summed E-state index contributed by atoms with van der Waals surface area (Å²) in [7, 11) is 4.05. The summed E-state index contributed by atoms with van der Waals surface area (Å²) in [4.78, 5) is 2.07. The van der Waals surface area contributed by atoms with Gasteiger partial charge in [0.25, 0.3) is 0 Å². The van der Waals surface area contributed by atoms with Crippen molar-refractivity contribution < 1.29 is 0 Å². The van der Waals surface area contributed by atoms with Gasteiger partial charge in [-0.1, -0.05) is 19.8 Å². The molecule has 62 valence electrons. The van der Waals surface area contributed by atoms with Crippen LogP contribution < -0.4 is 5.73 Å². The average Bonchev–Trinajstić information content (AvgIpc) is 1.84. The van der Waals surface area contributed by atoms with Gasteiger partial charge in [-0.05, 0) is 27.4 Å². The molecular weight excluding hydrogens is 124 g/mol. The lowest BCUT2D eigenvalue weighted by atomic mass is 10.1. The number of unbranched alkanes of at least 4 members (excludes halogenated alkanes) is 1. The molecule has 0 aromatic carbocycles. The number of rotatable bonds is 4. The molecule has 1 atom stereocenters. The lowest BCUT2D eigenvalue weighted by Gasteiger charge is -2.32. The molecule has 0 spiro atoms. The second-order valence-electron chi connectivity index (χ2n) is 3.36. The van der Waals surface area contributed by atoms with Crippen LogP contribution in [0.1, 0.15) is 33.1 Å². The summed E-state index contributed by atoms with van der Waals surface area (Å²) in [6, 6.07) is 0. The van der Waals surface area contributed by atoms with Gasteiger partial charge in [0.05, 0.1) is 5.66 Å². The quantitative estimate of drug-likeness (QED) is 0.604. The van der Waals surface area contributed by atoms with Gasteiger partial charge in [0.1, 0.15) is 0 Å². The molecule has 1 unspecified atom stereocenters. The molecule has 0 aliphatic heterocycles. The van der Waals surface area contributed by atoms with Crippen molar-refractivity contribution in [1.29, 1.82) is 0 Å². The summed E-state index contributed by atoms with van der Waals surface area (Å²) >= 11 is 0. The maximum Gasteiger partial charge on any atom is 0.0653 e. The molecule has 0 fully saturated rings. The molecule has 0 aliphatic carbocycles. The topological polar surface area (TPSA) is 29.3 Å². The van der Waals surface area contributed by atoms with Crippen LogP contribution in [0.3, 0.4) is 0 Å². The minimum Gasteiger partial charge on any atom is -0.313 e. The Kier molecular flexibility index (Phi) is 3.91. The third-order valence-corrected chi connectivity index (χ3v) is 2.06. The zero-order chi connectivity index (χ0) is 8.20. The Hall–Kier alpha value is -0.0800. The fraction of sp³-hybridized carbons (Fsp3) is 1.00. The average molecular weight is 144 g/mol. The van der Waals surface area contributed by atoms with Crippen LogP contribution in [0, 0.1) is 0 Å². The highest BCUT2D eigenvalue weighted by Gasteiger charge is 2.19. The fourth-order valence-electron chi connectivity index (χ4n) is 0.758. The van der Waals surface area contributed by atoms with Crippen LogP contribution in [0.2, 0.25) is 0 Å². The summed E-state index contributed by atoms with van der Waals surface area (Å²) in [6.45, 7) is 4.26. The van der Waals surface area contributed by atoms with Crippen LogP contribution in [0.4, 0.5) is 0 Å². The molecule has 0 saturated carbocycles. The van der Waals surface area contributed by atoms with Gasteiger partial charge in [-0.3, -0.25) is 4.90 Å². The molecule has 2 N–H and O–H groups in total. The van der Waals surface area contributed by atoms with Crippen LogP contribution in [-0.4, -0.2) is 24.7 Å². The molecule has 0 saturated heterocycles. The van der Waals surface area contributed by atoms with Crippen LogP contribution in [-0.2, 0) is 0 Å². The van der Waals surface area contributed by atoms with Crippen molar-refractivity contribution >= 4 is 0 Å². The van der Waals surface area contributed by atoms with E-state index in [0.29, 0.717) is 0 Å². The maximum absolute atomic E-state index is 5.97. The van der Waals surface area contributed by atoms with Crippen LogP contribution in [0.25, 0.3) is 0 Å². The SMILES string of the molecule is CCCCC(C)(N)N(C)C. The number of nitrogens with two attached hydrogens (primary N) is 1. The highest BCUT2D eigenvalue weighted by Crippen LogP contribution is 2.11. The van der Waals surface area contributed by atoms with E-state index in [1.54, 1.807) is 0 Å². The molecule has 2 heteroatoms. The van der Waals surface area contributed by atoms with Crippen molar-refractivity contribution in [2.75, 3.05) is 14.1 Å². The van der Waals surface area contributed by atoms with Gasteiger partial charge in [0.2, 0.25) is 0 Å². The number of nitrogens with zero attached hydrogens (tertiary/aromatic N) is 1. The predicted octanol–water partition coefficient (Wildman–Crippen LogP) is 1.41. The third kappa shape index (κ3) is 3.18. The van der Waals surface area contributed by atoms with E-state index >= 15 is 0 Å². The van der Waals surface area contributed by atoms with Crippen molar-refractivity contribution in [2.24, 2.45) is 5.73 Å². The Morgan fingerprint density at radius 3 is 2.20 bits per heavy atom. The molecule has 0 aliphatic rings. The van der Waals surface area contributed by atoms with Gasteiger partial charge in [-0.15, -0.1) is 0 Å². The molecular formula is C8H20N2. The van der Waals surface area contributed by atoms with E-state index in [2.05, 4.69) is 18.7 Å². The Balaban J connectivity index is 3.63. The van der Waals surface area contributed by atoms with Gasteiger partial charge in [0, 0.05) is 0 Å². The Morgan fingerprint density at radius 1 is 1.40 bits per heavy atom. The monoisotopic (exact) mass is 144 g/mol. The lowest BCUT2D eigenvalue weighted by molar-refractivity contribution is 0.164. The van der Waals surface area contributed by atoms with Crippen molar-refractivity contribution in [3.05, 3.63) is 0 Å². The Labute approximate surface area is 64.4 Å². The first kappa shape index (κ1) is 9.92. The highest BCUT2D eigenvalue weighted by molar-refractivity contribution is 4.74. The first-order valence-electron chi connectivity index (χ1n) is 3.97. The van der Waals surface area contributed by atoms with Crippen molar-refractivity contribution in [2.45, 2.75) is 38.8 Å². The van der Waals surface area contributed by atoms with Gasteiger partial charge >= 0.3 is 0 Å². The third-order valence-electron chi connectivity index (χ3n) is 2.06. The molecule has 0 rings (SSSR count). The molecule has 0 bridgehead atoms. The number of hydrogen-bond acceptors (Lipinski definition) is 2. The van der Waals surface area contributed by atoms with E-state index < -0.39 is 0 Å². The Bertz CT molecular complexity index is 87.3. The van der Waals surface area contributed by atoms with Crippen molar-refractivity contribution in [1.82, 2.24) is 4.90 Å². The zero-order valence-corrected chi connectivity index (χ0v) is 7.65. The molecule has 0 radical (unpaired) electrons. The first-order chi connectivity index (χ1) is 4.50. The molecule has 0 aromatic rings. The maximum atomic E-state index is 5.97. The first-order valence-corrected chi connectivity index (χ1v) is 3.97. The van der Waals surface area contributed by atoms with Gasteiger partial charge in [-0.2, -0.15) is 0 Å². The zero-order valence-electron chi connectivity index (χ0n) is 7.65. The smallest absolute Gasteiger partial charge is 0.0653 e. The summed E-state index contributed by atoms with van der Waals surface area (Å²) in [6.07, 6.45) is 3.52. The van der Waals surface area contributed by atoms with Crippen LogP contribution >= 0.6 is 0 Å². The summed E-state index contributed by atoms with van der Waals surface area (Å²) in [5.74, 6) is 0. The van der Waals surface area contributed by atoms with Crippen LogP contribution in [0.5, 0.6) is 0 Å². The molecule has 2 nitrogen and oxygen atoms in total. The summed E-state index contributed by atoms with van der Waals surface area (Å²) in [5, 5.41) is 0. The predicted molar refractivity (Wildman–Crippen MR) is 45.8 cm³/mol. The van der Waals surface area contributed by atoms with Crippen molar-refractivity contribution in [3.63, 3.8) is 0 Å². The molecule has 0 amide bonds. The lowest BCUT2D eigenvalue weighted by Crippen LogP contribution is -2.49. The Morgan fingerprint density at radius 2 is 1.90 bits per heavy atom. The molecule has 0 heterocycles. The summed E-state index contributed by atoms with van der Waals surface area (Å²) < 4.78 is 0. The van der Waals surface area contributed by atoms with E-state index in [1.165, 1.54) is 12.8 Å². The number of hydrogen-bond donors (Lipinski definition) is 1. The van der Waals surface area contributed by atoms with Gasteiger partial charge in [0.15, 0.2) is 0 Å². The molecule has 0 aromatic heterocycles. The fourth-order valence-corrected chi connectivity index (χ4v) is 0.758. The van der Waals surface area contributed by atoms with E-state index in [1.807, 2.05) is 14.1 Å². The second kappa shape index (κ2) is 3.94. The normalized spacial score (nSPS) is 17.4. The van der Waals surface area contributed by atoms with E-state index in [0.717, 1.165) is 6.42 Å². The van der Waals surface area contributed by atoms with Gasteiger partial charge in [-0.25, -0.2) is 0 Å². The standard InChI is InChI=1S/C8H20N2/c1-5-6-7-8(2,9)10(3)4/h5-7,9H2,1-4H3.